The first-order chi connectivity index (χ1) is 8.65. The molecule has 0 amide bonds. The molecule has 1 aromatic rings. The second-order valence-electron chi connectivity index (χ2n) is 4.91. The zero-order chi connectivity index (χ0) is 14.8. The molecule has 0 aliphatic carbocycles. The van der Waals surface area contributed by atoms with Crippen molar-refractivity contribution in [2.75, 3.05) is 5.75 Å². The van der Waals surface area contributed by atoms with Gasteiger partial charge >= 0.3 is 5.97 Å². The average molecular weight is 288 g/mol. The highest BCUT2D eigenvalue weighted by molar-refractivity contribution is 7.91. The number of rotatable bonds is 5. The highest BCUT2D eigenvalue weighted by Crippen LogP contribution is 2.21. The zero-order valence-electron chi connectivity index (χ0n) is 11.1. The summed E-state index contributed by atoms with van der Waals surface area (Å²) in [5.74, 6) is -2.22. The lowest BCUT2D eigenvalue weighted by atomic mass is 10.1. The number of benzene rings is 1. The van der Waals surface area contributed by atoms with Gasteiger partial charge in [-0.2, -0.15) is 0 Å². The first-order valence-corrected chi connectivity index (χ1v) is 7.56. The van der Waals surface area contributed by atoms with Crippen LogP contribution in [0.4, 0.5) is 4.39 Å². The number of carboxylic acids is 1. The van der Waals surface area contributed by atoms with Crippen LogP contribution in [0, 0.1) is 18.7 Å². The SMILES string of the molecule is Cc1cc(S(=O)(=O)CCC(C)C)cc(C(=O)O)c1F. The molecule has 19 heavy (non-hydrogen) atoms. The van der Waals surface area contributed by atoms with E-state index in [0.29, 0.717) is 6.42 Å². The standard InChI is InChI=1S/C13H17FO4S/c1-8(2)4-5-19(17,18)10-6-9(3)12(14)11(7-10)13(15)16/h6-8H,4-5H2,1-3H3,(H,15,16). The summed E-state index contributed by atoms with van der Waals surface area (Å²) in [5, 5.41) is 8.86. The quantitative estimate of drug-likeness (QED) is 0.845. The van der Waals surface area contributed by atoms with Gasteiger partial charge in [-0.25, -0.2) is 17.6 Å². The maximum absolute atomic E-state index is 13.6. The number of carbonyl (C=O) groups is 1. The van der Waals surface area contributed by atoms with E-state index in [0.717, 1.165) is 6.07 Å². The Morgan fingerprint density at radius 1 is 1.37 bits per heavy atom. The van der Waals surface area contributed by atoms with E-state index in [4.69, 9.17) is 5.11 Å². The molecular formula is C13H17FO4S. The second-order valence-corrected chi connectivity index (χ2v) is 7.02. The minimum Gasteiger partial charge on any atom is -0.478 e. The van der Waals surface area contributed by atoms with E-state index < -0.39 is 27.2 Å². The summed E-state index contributed by atoms with van der Waals surface area (Å²) in [6.45, 7) is 5.14. The van der Waals surface area contributed by atoms with E-state index in [9.17, 15) is 17.6 Å². The Morgan fingerprint density at radius 3 is 2.42 bits per heavy atom. The van der Waals surface area contributed by atoms with Crippen molar-refractivity contribution in [3.63, 3.8) is 0 Å². The summed E-state index contributed by atoms with van der Waals surface area (Å²) in [5.41, 5.74) is -0.592. The van der Waals surface area contributed by atoms with Crippen molar-refractivity contribution in [3.8, 4) is 0 Å². The molecular weight excluding hydrogens is 271 g/mol. The van der Waals surface area contributed by atoms with Crippen molar-refractivity contribution in [1.82, 2.24) is 0 Å². The number of hydrogen-bond donors (Lipinski definition) is 1. The topological polar surface area (TPSA) is 71.4 Å². The van der Waals surface area contributed by atoms with E-state index in [1.165, 1.54) is 13.0 Å². The second kappa shape index (κ2) is 5.69. The molecule has 0 heterocycles. The highest BCUT2D eigenvalue weighted by atomic mass is 32.2. The molecule has 0 spiro atoms. The Balaban J connectivity index is 3.25. The minimum atomic E-state index is -3.58. The van der Waals surface area contributed by atoms with Crippen molar-refractivity contribution in [2.45, 2.75) is 32.1 Å². The number of aromatic carboxylic acids is 1. The first kappa shape index (κ1) is 15.6. The van der Waals surface area contributed by atoms with Crippen LogP contribution in [-0.4, -0.2) is 25.2 Å². The van der Waals surface area contributed by atoms with Crippen molar-refractivity contribution in [1.29, 1.82) is 0 Å². The van der Waals surface area contributed by atoms with Crippen molar-refractivity contribution in [3.05, 3.63) is 29.1 Å². The highest BCUT2D eigenvalue weighted by Gasteiger charge is 2.21. The van der Waals surface area contributed by atoms with Crippen LogP contribution < -0.4 is 0 Å². The lowest BCUT2D eigenvalue weighted by Crippen LogP contribution is -2.12. The molecule has 4 nitrogen and oxygen atoms in total. The van der Waals surface area contributed by atoms with Gasteiger partial charge in [0.25, 0.3) is 0 Å². The van der Waals surface area contributed by atoms with Gasteiger partial charge in [0.15, 0.2) is 9.84 Å². The molecule has 0 atom stereocenters. The van der Waals surface area contributed by atoms with Crippen molar-refractivity contribution < 1.29 is 22.7 Å². The van der Waals surface area contributed by atoms with Gasteiger partial charge < -0.3 is 5.11 Å². The van der Waals surface area contributed by atoms with Gasteiger partial charge in [0.05, 0.1) is 16.2 Å². The predicted molar refractivity (Wildman–Crippen MR) is 69.6 cm³/mol. The van der Waals surface area contributed by atoms with Crippen LogP contribution in [0.2, 0.25) is 0 Å². The number of halogens is 1. The van der Waals surface area contributed by atoms with Crippen LogP contribution in [-0.2, 0) is 9.84 Å². The number of sulfone groups is 1. The molecule has 0 aliphatic heterocycles. The van der Waals surface area contributed by atoms with Gasteiger partial charge in [-0.05, 0) is 37.0 Å². The van der Waals surface area contributed by atoms with E-state index in [2.05, 4.69) is 0 Å². The summed E-state index contributed by atoms with van der Waals surface area (Å²) >= 11 is 0. The maximum atomic E-state index is 13.6. The monoisotopic (exact) mass is 288 g/mol. The lowest BCUT2D eigenvalue weighted by Gasteiger charge is -2.09. The summed E-state index contributed by atoms with van der Waals surface area (Å²) < 4.78 is 37.7. The third-order valence-corrected chi connectivity index (χ3v) is 4.51. The fourth-order valence-electron chi connectivity index (χ4n) is 1.58. The largest absolute Gasteiger partial charge is 0.478 e. The summed E-state index contributed by atoms with van der Waals surface area (Å²) in [4.78, 5) is 10.7. The van der Waals surface area contributed by atoms with Gasteiger partial charge in [-0.15, -0.1) is 0 Å². The van der Waals surface area contributed by atoms with Gasteiger partial charge in [-0.3, -0.25) is 0 Å². The van der Waals surface area contributed by atoms with E-state index in [1.807, 2.05) is 13.8 Å². The van der Waals surface area contributed by atoms with Crippen molar-refractivity contribution in [2.24, 2.45) is 5.92 Å². The number of aryl methyl sites for hydroxylation is 1. The van der Waals surface area contributed by atoms with Crippen LogP contribution in [0.3, 0.4) is 0 Å². The number of hydrogen-bond acceptors (Lipinski definition) is 3. The zero-order valence-corrected chi connectivity index (χ0v) is 11.9. The molecule has 0 aliphatic rings. The molecule has 0 bridgehead atoms. The first-order valence-electron chi connectivity index (χ1n) is 5.91. The average Bonchev–Trinajstić information content (AvgIpc) is 2.29. The molecule has 0 radical (unpaired) electrons. The van der Waals surface area contributed by atoms with Crippen LogP contribution >= 0.6 is 0 Å². The third kappa shape index (κ3) is 3.76. The maximum Gasteiger partial charge on any atom is 0.338 e. The van der Waals surface area contributed by atoms with Gasteiger partial charge in [0.1, 0.15) is 5.82 Å². The molecule has 0 saturated heterocycles. The van der Waals surface area contributed by atoms with E-state index in [1.54, 1.807) is 0 Å². The Hall–Kier alpha value is -1.43. The summed E-state index contributed by atoms with van der Waals surface area (Å²) in [6, 6.07) is 2.07. The Labute approximate surface area is 112 Å². The smallest absolute Gasteiger partial charge is 0.338 e. The fourth-order valence-corrected chi connectivity index (χ4v) is 3.25. The van der Waals surface area contributed by atoms with Crippen LogP contribution in [0.5, 0.6) is 0 Å². The molecule has 1 aromatic carbocycles. The molecule has 1 rings (SSSR count). The molecule has 0 saturated carbocycles. The lowest BCUT2D eigenvalue weighted by molar-refractivity contribution is 0.0691. The Kier molecular flexibility index (Phi) is 4.68. The molecule has 6 heteroatoms. The van der Waals surface area contributed by atoms with Crippen LogP contribution in [0.15, 0.2) is 17.0 Å². The van der Waals surface area contributed by atoms with Gasteiger partial charge in [0.2, 0.25) is 0 Å². The molecule has 106 valence electrons. The van der Waals surface area contributed by atoms with E-state index >= 15 is 0 Å². The van der Waals surface area contributed by atoms with Crippen molar-refractivity contribution >= 4 is 15.8 Å². The van der Waals surface area contributed by atoms with Gasteiger partial charge in [-0.1, -0.05) is 13.8 Å². The van der Waals surface area contributed by atoms with Crippen LogP contribution in [0.25, 0.3) is 0 Å². The Morgan fingerprint density at radius 2 is 1.95 bits per heavy atom. The summed E-state index contributed by atoms with van der Waals surface area (Å²) in [7, 11) is -3.58. The summed E-state index contributed by atoms with van der Waals surface area (Å²) in [6.07, 6.45) is 0.473. The van der Waals surface area contributed by atoms with Gasteiger partial charge in [0, 0.05) is 0 Å². The Bertz CT molecular complexity index is 591. The van der Waals surface area contributed by atoms with E-state index in [-0.39, 0.29) is 22.1 Å². The third-order valence-electron chi connectivity index (χ3n) is 2.78. The molecule has 0 aromatic heterocycles. The fraction of sp³-hybridized carbons (Fsp3) is 0.462. The minimum absolute atomic E-state index is 0.0167. The molecule has 0 fully saturated rings. The predicted octanol–water partition coefficient (Wildman–Crippen LogP) is 2.65. The van der Waals surface area contributed by atoms with Crippen LogP contribution in [0.1, 0.15) is 36.2 Å². The molecule has 0 unspecified atom stereocenters. The molecule has 1 N–H and O–H groups in total. The number of carboxylic acid groups (broad SMARTS) is 1. The normalized spacial score (nSPS) is 11.8.